The van der Waals surface area contributed by atoms with Gasteiger partial charge >= 0.3 is 0 Å². The lowest BCUT2D eigenvalue weighted by molar-refractivity contribution is 0.103. The summed E-state index contributed by atoms with van der Waals surface area (Å²) in [6.45, 7) is 2.91. The van der Waals surface area contributed by atoms with E-state index in [2.05, 4.69) is 36.2 Å². The molecule has 1 unspecified atom stereocenters. The number of nitrogens with one attached hydrogen (secondary N) is 1. The normalized spacial score (nSPS) is 19.8. The van der Waals surface area contributed by atoms with Gasteiger partial charge in [-0.15, -0.1) is 0 Å². The minimum absolute atomic E-state index is 0.0121. The minimum Gasteiger partial charge on any atom is -0.309 e. The van der Waals surface area contributed by atoms with E-state index in [1.807, 2.05) is 6.07 Å². The number of nitrogens with zero attached hydrogens (tertiary/aromatic N) is 2. The molecule has 0 bridgehead atoms. The Morgan fingerprint density at radius 1 is 1.42 bits per heavy atom. The Bertz CT molecular complexity index is 414. The van der Waals surface area contributed by atoms with Gasteiger partial charge in [0.1, 0.15) is 5.82 Å². The van der Waals surface area contributed by atoms with Crippen molar-refractivity contribution in [1.82, 2.24) is 15.2 Å². The summed E-state index contributed by atoms with van der Waals surface area (Å²) >= 11 is 0. The van der Waals surface area contributed by atoms with Crippen LogP contribution in [0.3, 0.4) is 0 Å². The number of likely N-dealkylation sites (N-methyl/N-ethyl adjacent to an activating group) is 2. The molecule has 1 atom stereocenters. The molecule has 2 rings (SSSR count). The molecular weight excluding hydrogens is 241 g/mol. The SMILES string of the molecule is CCNC(c1ccncc1F)C1(N(C)C)CCCC1. The highest BCUT2D eigenvalue weighted by Gasteiger charge is 2.44. The van der Waals surface area contributed by atoms with Crippen molar-refractivity contribution in [2.75, 3.05) is 20.6 Å². The summed E-state index contributed by atoms with van der Waals surface area (Å²) in [5, 5.41) is 3.49. The summed E-state index contributed by atoms with van der Waals surface area (Å²) in [4.78, 5) is 6.14. The molecule has 19 heavy (non-hydrogen) atoms. The van der Waals surface area contributed by atoms with Crippen LogP contribution >= 0.6 is 0 Å². The summed E-state index contributed by atoms with van der Waals surface area (Å²) in [6.07, 6.45) is 7.65. The molecule has 0 spiro atoms. The van der Waals surface area contributed by atoms with Gasteiger partial charge in [-0.3, -0.25) is 4.98 Å². The van der Waals surface area contributed by atoms with Crippen LogP contribution in [0.15, 0.2) is 18.5 Å². The molecule has 0 radical (unpaired) electrons. The molecule has 1 aliphatic rings. The van der Waals surface area contributed by atoms with E-state index in [1.165, 1.54) is 19.0 Å². The van der Waals surface area contributed by atoms with Crippen molar-refractivity contribution in [2.45, 2.75) is 44.2 Å². The first-order valence-electron chi connectivity index (χ1n) is 7.12. The van der Waals surface area contributed by atoms with Crippen molar-refractivity contribution in [3.05, 3.63) is 29.8 Å². The number of aromatic nitrogens is 1. The first-order chi connectivity index (χ1) is 9.12. The van der Waals surface area contributed by atoms with E-state index in [9.17, 15) is 4.39 Å². The van der Waals surface area contributed by atoms with Gasteiger partial charge in [0, 0.05) is 17.3 Å². The molecular formula is C15H24FN3. The van der Waals surface area contributed by atoms with Crippen molar-refractivity contribution in [3.63, 3.8) is 0 Å². The van der Waals surface area contributed by atoms with Crippen molar-refractivity contribution in [2.24, 2.45) is 0 Å². The molecule has 1 fully saturated rings. The number of hydrogen-bond donors (Lipinski definition) is 1. The van der Waals surface area contributed by atoms with Crippen LogP contribution in [0.2, 0.25) is 0 Å². The average molecular weight is 265 g/mol. The third kappa shape index (κ3) is 2.65. The Morgan fingerprint density at radius 2 is 2.11 bits per heavy atom. The van der Waals surface area contributed by atoms with Gasteiger partial charge in [-0.25, -0.2) is 4.39 Å². The Kier molecular flexibility index (Phi) is 4.53. The molecule has 1 N–H and O–H groups in total. The molecule has 0 aliphatic heterocycles. The Morgan fingerprint density at radius 3 is 2.63 bits per heavy atom. The van der Waals surface area contributed by atoms with Crippen molar-refractivity contribution >= 4 is 0 Å². The van der Waals surface area contributed by atoms with E-state index in [-0.39, 0.29) is 17.4 Å². The zero-order valence-electron chi connectivity index (χ0n) is 12.1. The van der Waals surface area contributed by atoms with E-state index >= 15 is 0 Å². The lowest BCUT2D eigenvalue weighted by Gasteiger charge is -2.44. The molecule has 3 nitrogen and oxygen atoms in total. The number of hydrogen-bond acceptors (Lipinski definition) is 3. The van der Waals surface area contributed by atoms with Gasteiger partial charge in [-0.1, -0.05) is 19.8 Å². The fourth-order valence-corrected chi connectivity index (χ4v) is 3.39. The lowest BCUT2D eigenvalue weighted by atomic mass is 9.82. The van der Waals surface area contributed by atoms with Crippen LogP contribution in [-0.2, 0) is 0 Å². The van der Waals surface area contributed by atoms with Crippen LogP contribution in [0, 0.1) is 5.82 Å². The van der Waals surface area contributed by atoms with E-state index < -0.39 is 0 Å². The summed E-state index contributed by atoms with van der Waals surface area (Å²) in [6, 6.07) is 1.84. The maximum absolute atomic E-state index is 14.1. The fourth-order valence-electron chi connectivity index (χ4n) is 3.39. The predicted octanol–water partition coefficient (Wildman–Crippen LogP) is 2.75. The largest absolute Gasteiger partial charge is 0.309 e. The third-order valence-corrected chi connectivity index (χ3v) is 4.42. The first kappa shape index (κ1) is 14.4. The van der Waals surface area contributed by atoms with Crippen LogP contribution in [-0.4, -0.2) is 36.1 Å². The van der Waals surface area contributed by atoms with Gasteiger partial charge < -0.3 is 10.2 Å². The highest BCUT2D eigenvalue weighted by molar-refractivity contribution is 5.23. The summed E-state index contributed by atoms with van der Waals surface area (Å²) in [5.74, 6) is -0.207. The summed E-state index contributed by atoms with van der Waals surface area (Å²) in [5.41, 5.74) is 0.755. The summed E-state index contributed by atoms with van der Waals surface area (Å²) < 4.78 is 14.1. The van der Waals surface area contributed by atoms with Crippen molar-refractivity contribution in [3.8, 4) is 0 Å². The highest BCUT2D eigenvalue weighted by Crippen LogP contribution is 2.43. The van der Waals surface area contributed by atoms with E-state index in [1.54, 1.807) is 6.20 Å². The van der Waals surface area contributed by atoms with Crippen LogP contribution in [0.25, 0.3) is 0 Å². The molecule has 0 aromatic carbocycles. The molecule has 0 saturated heterocycles. The second-order valence-electron chi connectivity index (χ2n) is 5.59. The summed E-state index contributed by atoms with van der Waals surface area (Å²) in [7, 11) is 4.21. The van der Waals surface area contributed by atoms with Crippen molar-refractivity contribution in [1.29, 1.82) is 0 Å². The fraction of sp³-hybridized carbons (Fsp3) is 0.667. The standard InChI is InChI=1S/C15H24FN3/c1-4-18-14(12-7-10-17-11-13(12)16)15(19(2)3)8-5-6-9-15/h7,10-11,14,18H,4-6,8-9H2,1-3H3. The smallest absolute Gasteiger partial charge is 0.146 e. The first-order valence-corrected chi connectivity index (χ1v) is 7.12. The van der Waals surface area contributed by atoms with Gasteiger partial charge in [0.15, 0.2) is 0 Å². The van der Waals surface area contributed by atoms with Gasteiger partial charge in [-0.2, -0.15) is 0 Å². The molecule has 0 amide bonds. The van der Waals surface area contributed by atoms with Gasteiger partial charge in [0.2, 0.25) is 0 Å². The number of halogens is 1. The zero-order chi connectivity index (χ0) is 13.9. The molecule has 1 aromatic rings. The van der Waals surface area contributed by atoms with Crippen LogP contribution in [0.4, 0.5) is 4.39 Å². The van der Waals surface area contributed by atoms with Crippen LogP contribution in [0.5, 0.6) is 0 Å². The quantitative estimate of drug-likeness (QED) is 0.887. The molecule has 106 valence electrons. The van der Waals surface area contributed by atoms with Crippen molar-refractivity contribution < 1.29 is 4.39 Å². The van der Waals surface area contributed by atoms with Crippen LogP contribution in [0.1, 0.15) is 44.2 Å². The third-order valence-electron chi connectivity index (χ3n) is 4.42. The second kappa shape index (κ2) is 5.97. The number of rotatable bonds is 5. The van der Waals surface area contributed by atoms with E-state index in [0.717, 1.165) is 24.9 Å². The highest BCUT2D eigenvalue weighted by atomic mass is 19.1. The molecule has 1 aromatic heterocycles. The lowest BCUT2D eigenvalue weighted by Crippen LogP contribution is -2.52. The molecule has 1 aliphatic carbocycles. The Hall–Kier alpha value is -1.00. The second-order valence-corrected chi connectivity index (χ2v) is 5.59. The number of pyridine rings is 1. The van der Waals surface area contributed by atoms with E-state index in [4.69, 9.17) is 0 Å². The monoisotopic (exact) mass is 265 g/mol. The van der Waals surface area contributed by atoms with Crippen LogP contribution < -0.4 is 5.32 Å². The minimum atomic E-state index is -0.207. The topological polar surface area (TPSA) is 28.2 Å². The predicted molar refractivity (Wildman–Crippen MR) is 75.5 cm³/mol. The average Bonchev–Trinajstić information content (AvgIpc) is 2.87. The zero-order valence-corrected chi connectivity index (χ0v) is 12.1. The molecule has 4 heteroatoms. The maximum Gasteiger partial charge on any atom is 0.146 e. The maximum atomic E-state index is 14.1. The van der Waals surface area contributed by atoms with Gasteiger partial charge in [-0.05, 0) is 39.5 Å². The Labute approximate surface area is 115 Å². The van der Waals surface area contributed by atoms with Gasteiger partial charge in [0.25, 0.3) is 0 Å². The Balaban J connectivity index is 2.41. The molecule has 1 heterocycles. The molecule has 1 saturated carbocycles. The van der Waals surface area contributed by atoms with E-state index in [0.29, 0.717) is 0 Å². The van der Waals surface area contributed by atoms with Gasteiger partial charge in [0.05, 0.1) is 12.2 Å².